The lowest BCUT2D eigenvalue weighted by Crippen LogP contribution is -2.13. The Hall–Kier alpha value is -3.12. The van der Waals surface area contributed by atoms with Crippen LogP contribution in [0.15, 0.2) is 60.7 Å². The maximum absolute atomic E-state index is 12.1. The number of benzene rings is 2. The Bertz CT molecular complexity index is 850. The highest BCUT2D eigenvalue weighted by Gasteiger charge is 2.07. The predicted molar refractivity (Wildman–Crippen MR) is 97.7 cm³/mol. The molecule has 0 saturated carbocycles. The maximum Gasteiger partial charge on any atom is 0.256 e. The van der Waals surface area contributed by atoms with Gasteiger partial charge in [-0.3, -0.25) is 4.79 Å². The van der Waals surface area contributed by atoms with Gasteiger partial charge in [0, 0.05) is 16.3 Å². The molecule has 1 aromatic heterocycles. The third-order valence-electron chi connectivity index (χ3n) is 3.37. The van der Waals surface area contributed by atoms with Gasteiger partial charge in [0.2, 0.25) is 0 Å². The summed E-state index contributed by atoms with van der Waals surface area (Å²) in [6.45, 7) is 0. The molecule has 0 atom stereocenters. The van der Waals surface area contributed by atoms with E-state index in [1.807, 2.05) is 24.3 Å². The number of carbonyl (C=O) groups is 1. The van der Waals surface area contributed by atoms with Gasteiger partial charge in [-0.2, -0.15) is 0 Å². The molecule has 6 nitrogen and oxygen atoms in total. The van der Waals surface area contributed by atoms with Gasteiger partial charge in [-0.15, -0.1) is 10.2 Å². The summed E-state index contributed by atoms with van der Waals surface area (Å²) in [4.78, 5) is 12.1. The second kappa shape index (κ2) is 7.63. The summed E-state index contributed by atoms with van der Waals surface area (Å²) < 4.78 is 5.11. The van der Waals surface area contributed by atoms with Crippen LogP contribution in [0.5, 0.6) is 5.75 Å². The molecule has 3 aromatic rings. The lowest BCUT2D eigenvalue weighted by Gasteiger charge is -2.07. The van der Waals surface area contributed by atoms with E-state index in [-0.39, 0.29) is 5.91 Å². The van der Waals surface area contributed by atoms with Crippen LogP contribution in [0.25, 0.3) is 0 Å². The lowest BCUT2D eigenvalue weighted by atomic mass is 10.2. The van der Waals surface area contributed by atoms with Crippen molar-refractivity contribution < 1.29 is 9.53 Å². The van der Waals surface area contributed by atoms with Crippen molar-refractivity contribution in [3.8, 4) is 5.75 Å². The van der Waals surface area contributed by atoms with Gasteiger partial charge in [0.15, 0.2) is 11.6 Å². The molecule has 0 aliphatic rings. The number of ether oxygens (including phenoxy) is 1. The van der Waals surface area contributed by atoms with Crippen LogP contribution in [0, 0.1) is 0 Å². The number of halogens is 1. The first kappa shape index (κ1) is 16.7. The Morgan fingerprint density at radius 1 is 0.920 bits per heavy atom. The molecule has 0 saturated heterocycles. The Labute approximate surface area is 149 Å². The Morgan fingerprint density at radius 3 is 2.16 bits per heavy atom. The fourth-order valence-electron chi connectivity index (χ4n) is 2.08. The third-order valence-corrected chi connectivity index (χ3v) is 3.63. The summed E-state index contributed by atoms with van der Waals surface area (Å²) in [7, 11) is 1.62. The normalized spacial score (nSPS) is 10.2. The quantitative estimate of drug-likeness (QED) is 0.720. The molecule has 0 fully saturated rings. The summed E-state index contributed by atoms with van der Waals surface area (Å²) in [6, 6.07) is 17.4. The lowest BCUT2D eigenvalue weighted by molar-refractivity contribution is 0.102. The van der Waals surface area contributed by atoms with E-state index < -0.39 is 0 Å². The SMILES string of the molecule is COc1ccc(Nc2ccc(NC(=O)c3ccc(Cl)cc3)nn2)cc1. The minimum Gasteiger partial charge on any atom is -0.497 e. The van der Waals surface area contributed by atoms with Crippen LogP contribution in [0.2, 0.25) is 5.02 Å². The van der Waals surface area contributed by atoms with Gasteiger partial charge in [0.05, 0.1) is 7.11 Å². The first-order valence-corrected chi connectivity index (χ1v) is 7.83. The van der Waals surface area contributed by atoms with E-state index in [2.05, 4.69) is 20.8 Å². The van der Waals surface area contributed by atoms with Crippen molar-refractivity contribution in [2.45, 2.75) is 0 Å². The maximum atomic E-state index is 12.1. The number of nitrogens with zero attached hydrogens (tertiary/aromatic N) is 2. The molecule has 2 aromatic carbocycles. The molecule has 0 radical (unpaired) electrons. The zero-order valence-corrected chi connectivity index (χ0v) is 14.1. The number of methoxy groups -OCH3 is 1. The van der Waals surface area contributed by atoms with Gasteiger partial charge >= 0.3 is 0 Å². The largest absolute Gasteiger partial charge is 0.497 e. The van der Waals surface area contributed by atoms with Crippen LogP contribution in [0.3, 0.4) is 0 Å². The number of rotatable bonds is 5. The minimum absolute atomic E-state index is 0.276. The molecule has 126 valence electrons. The van der Waals surface area contributed by atoms with Crippen molar-refractivity contribution >= 4 is 34.8 Å². The molecular formula is C18H15ClN4O2. The summed E-state index contributed by atoms with van der Waals surface area (Å²) in [6.07, 6.45) is 0. The summed E-state index contributed by atoms with van der Waals surface area (Å²) >= 11 is 5.81. The summed E-state index contributed by atoms with van der Waals surface area (Å²) in [5.41, 5.74) is 1.35. The number of amides is 1. The topological polar surface area (TPSA) is 76.1 Å². The van der Waals surface area contributed by atoms with E-state index in [4.69, 9.17) is 16.3 Å². The van der Waals surface area contributed by atoms with Crippen molar-refractivity contribution in [3.05, 3.63) is 71.2 Å². The number of aromatic nitrogens is 2. The average molecular weight is 355 g/mol. The van der Waals surface area contributed by atoms with Gasteiger partial charge in [0.1, 0.15) is 5.75 Å². The smallest absolute Gasteiger partial charge is 0.256 e. The van der Waals surface area contributed by atoms with Crippen LogP contribution in [-0.4, -0.2) is 23.2 Å². The molecular weight excluding hydrogens is 340 g/mol. The van der Waals surface area contributed by atoms with E-state index >= 15 is 0 Å². The molecule has 0 bridgehead atoms. The van der Waals surface area contributed by atoms with Crippen molar-refractivity contribution in [2.75, 3.05) is 17.7 Å². The van der Waals surface area contributed by atoms with Crippen molar-refractivity contribution in [3.63, 3.8) is 0 Å². The minimum atomic E-state index is -0.276. The zero-order chi connectivity index (χ0) is 17.6. The Kier molecular flexibility index (Phi) is 5.11. The number of anilines is 3. The van der Waals surface area contributed by atoms with Crippen LogP contribution in [0.4, 0.5) is 17.3 Å². The van der Waals surface area contributed by atoms with Crippen LogP contribution < -0.4 is 15.4 Å². The second-order valence-electron chi connectivity index (χ2n) is 5.12. The van der Waals surface area contributed by atoms with Crippen molar-refractivity contribution in [1.82, 2.24) is 10.2 Å². The summed E-state index contributed by atoms with van der Waals surface area (Å²) in [5.74, 6) is 1.42. The molecule has 1 heterocycles. The van der Waals surface area contributed by atoms with E-state index in [1.165, 1.54) is 0 Å². The van der Waals surface area contributed by atoms with Gasteiger partial charge in [-0.05, 0) is 60.7 Å². The number of carbonyl (C=O) groups excluding carboxylic acids is 1. The number of hydrogen-bond acceptors (Lipinski definition) is 5. The highest BCUT2D eigenvalue weighted by atomic mass is 35.5. The van der Waals surface area contributed by atoms with Gasteiger partial charge in [0.25, 0.3) is 5.91 Å². The van der Waals surface area contributed by atoms with Gasteiger partial charge in [-0.1, -0.05) is 11.6 Å². The fraction of sp³-hybridized carbons (Fsp3) is 0.0556. The molecule has 7 heteroatoms. The number of hydrogen-bond donors (Lipinski definition) is 2. The molecule has 1 amide bonds. The molecule has 0 aliphatic heterocycles. The van der Waals surface area contributed by atoms with Gasteiger partial charge in [-0.25, -0.2) is 0 Å². The van der Waals surface area contributed by atoms with Crippen molar-refractivity contribution in [1.29, 1.82) is 0 Å². The zero-order valence-electron chi connectivity index (χ0n) is 13.4. The van der Waals surface area contributed by atoms with E-state index in [9.17, 15) is 4.79 Å². The molecule has 0 unspecified atom stereocenters. The third kappa shape index (κ3) is 4.45. The average Bonchev–Trinajstić information content (AvgIpc) is 2.64. The number of nitrogens with one attached hydrogen (secondary N) is 2. The highest BCUT2D eigenvalue weighted by molar-refractivity contribution is 6.30. The van der Waals surface area contributed by atoms with Gasteiger partial charge < -0.3 is 15.4 Å². The Balaban J connectivity index is 1.63. The molecule has 0 spiro atoms. The first-order valence-electron chi connectivity index (χ1n) is 7.46. The second-order valence-corrected chi connectivity index (χ2v) is 5.55. The van der Waals surface area contributed by atoms with Crippen molar-refractivity contribution in [2.24, 2.45) is 0 Å². The van der Waals surface area contributed by atoms with Crippen LogP contribution >= 0.6 is 11.6 Å². The van der Waals surface area contributed by atoms with Crippen LogP contribution in [0.1, 0.15) is 10.4 Å². The van der Waals surface area contributed by atoms with E-state index in [1.54, 1.807) is 43.5 Å². The van der Waals surface area contributed by atoms with Crippen LogP contribution in [-0.2, 0) is 0 Å². The first-order chi connectivity index (χ1) is 12.1. The van der Waals surface area contributed by atoms with E-state index in [0.717, 1.165) is 11.4 Å². The standard InChI is InChI=1S/C18H15ClN4O2/c1-25-15-8-6-14(7-9-15)20-16-10-11-17(23-22-16)21-18(24)12-2-4-13(19)5-3-12/h2-11H,1H3,(H,20,22)(H,21,23,24). The fourth-order valence-corrected chi connectivity index (χ4v) is 2.20. The predicted octanol–water partition coefficient (Wildman–Crippen LogP) is 4.13. The molecule has 3 rings (SSSR count). The monoisotopic (exact) mass is 354 g/mol. The molecule has 0 aliphatic carbocycles. The highest BCUT2D eigenvalue weighted by Crippen LogP contribution is 2.19. The van der Waals surface area contributed by atoms with E-state index in [0.29, 0.717) is 22.2 Å². The Morgan fingerprint density at radius 2 is 1.56 bits per heavy atom. The summed E-state index contributed by atoms with van der Waals surface area (Å²) in [5, 5.41) is 14.4. The molecule has 25 heavy (non-hydrogen) atoms. The molecule has 2 N–H and O–H groups in total.